The molecule has 0 aliphatic carbocycles. The minimum absolute atomic E-state index is 0.534. The average molecular weight is 224 g/mol. The second-order valence-electron chi connectivity index (χ2n) is 3.26. The molecule has 0 radical (unpaired) electrons. The molecule has 0 spiro atoms. The Bertz CT molecular complexity index is 510. The number of imidazole rings is 1. The third-order valence-electron chi connectivity index (χ3n) is 2.18. The van der Waals surface area contributed by atoms with E-state index in [1.54, 1.807) is 6.92 Å². The number of aromatic nitrogens is 4. The molecule has 0 bridgehead atoms. The van der Waals surface area contributed by atoms with Gasteiger partial charge in [0.1, 0.15) is 6.54 Å². The standard InChI is InChI=1S/C9H12N4OS/c1-3-7-4-10-9(15)13(7)5-8-11-6(2)12-14-8/h4H,3,5H2,1-2H3,(H,10,15). The molecule has 6 heteroatoms. The molecule has 0 saturated heterocycles. The maximum absolute atomic E-state index is 5.16. The Labute approximate surface area is 92.1 Å². The van der Waals surface area contributed by atoms with Gasteiger partial charge in [-0.25, -0.2) is 0 Å². The molecular weight excluding hydrogens is 212 g/mol. The van der Waals surface area contributed by atoms with Crippen LogP contribution < -0.4 is 0 Å². The molecule has 0 aliphatic heterocycles. The molecule has 0 aliphatic rings. The van der Waals surface area contributed by atoms with Crippen LogP contribution in [0.15, 0.2) is 10.7 Å². The largest absolute Gasteiger partial charge is 0.337 e. The Kier molecular flexibility index (Phi) is 2.68. The van der Waals surface area contributed by atoms with Crippen LogP contribution in [-0.2, 0) is 13.0 Å². The fraction of sp³-hybridized carbons (Fsp3) is 0.444. The maximum Gasteiger partial charge on any atom is 0.246 e. The lowest BCUT2D eigenvalue weighted by molar-refractivity contribution is 0.366. The van der Waals surface area contributed by atoms with Crippen molar-refractivity contribution < 1.29 is 4.52 Å². The van der Waals surface area contributed by atoms with Gasteiger partial charge in [0, 0.05) is 11.9 Å². The zero-order valence-corrected chi connectivity index (χ0v) is 9.47. The fourth-order valence-electron chi connectivity index (χ4n) is 1.44. The van der Waals surface area contributed by atoms with Crippen molar-refractivity contribution >= 4 is 12.2 Å². The highest BCUT2D eigenvalue weighted by Crippen LogP contribution is 2.06. The van der Waals surface area contributed by atoms with Gasteiger partial charge < -0.3 is 14.1 Å². The van der Waals surface area contributed by atoms with E-state index >= 15 is 0 Å². The SMILES string of the molecule is CCc1c[nH]c(=S)n1Cc1nc(C)no1. The van der Waals surface area contributed by atoms with Gasteiger partial charge in [0.2, 0.25) is 5.89 Å². The summed E-state index contributed by atoms with van der Waals surface area (Å²) in [5.41, 5.74) is 1.14. The summed E-state index contributed by atoms with van der Waals surface area (Å²) in [5, 5.41) is 3.74. The summed E-state index contributed by atoms with van der Waals surface area (Å²) in [7, 11) is 0. The molecule has 2 aromatic rings. The van der Waals surface area contributed by atoms with Gasteiger partial charge in [-0.05, 0) is 25.6 Å². The van der Waals surface area contributed by atoms with E-state index < -0.39 is 0 Å². The monoisotopic (exact) mass is 224 g/mol. The molecule has 1 N–H and O–H groups in total. The maximum atomic E-state index is 5.16. The minimum atomic E-state index is 0.534. The number of hydrogen-bond acceptors (Lipinski definition) is 4. The van der Waals surface area contributed by atoms with Crippen molar-refractivity contribution in [3.8, 4) is 0 Å². The molecule has 0 aromatic carbocycles. The first-order valence-electron chi connectivity index (χ1n) is 4.77. The molecule has 2 rings (SSSR count). The smallest absolute Gasteiger partial charge is 0.246 e. The van der Waals surface area contributed by atoms with Gasteiger partial charge in [-0.3, -0.25) is 0 Å². The van der Waals surface area contributed by atoms with Gasteiger partial charge in [0.05, 0.1) is 0 Å². The molecule has 0 saturated carbocycles. The molecule has 0 fully saturated rings. The van der Waals surface area contributed by atoms with E-state index in [0.717, 1.165) is 12.1 Å². The summed E-state index contributed by atoms with van der Waals surface area (Å²) >= 11 is 5.16. The fourth-order valence-corrected chi connectivity index (χ4v) is 1.68. The normalized spacial score (nSPS) is 10.8. The zero-order valence-electron chi connectivity index (χ0n) is 8.65. The molecule has 0 amide bonds. The zero-order chi connectivity index (χ0) is 10.8. The van der Waals surface area contributed by atoms with Crippen LogP contribution in [0.2, 0.25) is 0 Å². The average Bonchev–Trinajstić information content (AvgIpc) is 2.76. The molecule has 5 nitrogen and oxygen atoms in total. The van der Waals surface area contributed by atoms with Crippen molar-refractivity contribution in [1.82, 2.24) is 19.7 Å². The molecule has 0 unspecified atom stereocenters. The quantitative estimate of drug-likeness (QED) is 0.808. The number of H-pyrrole nitrogens is 1. The Morgan fingerprint density at radius 3 is 3.00 bits per heavy atom. The van der Waals surface area contributed by atoms with E-state index in [9.17, 15) is 0 Å². The first-order valence-corrected chi connectivity index (χ1v) is 5.17. The van der Waals surface area contributed by atoms with E-state index in [1.165, 1.54) is 0 Å². The van der Waals surface area contributed by atoms with E-state index in [-0.39, 0.29) is 0 Å². The minimum Gasteiger partial charge on any atom is -0.337 e. The third kappa shape index (κ3) is 1.99. The lowest BCUT2D eigenvalue weighted by Gasteiger charge is -2.01. The highest BCUT2D eigenvalue weighted by Gasteiger charge is 2.07. The summed E-state index contributed by atoms with van der Waals surface area (Å²) in [4.78, 5) is 7.15. The van der Waals surface area contributed by atoms with E-state index in [0.29, 0.717) is 23.0 Å². The first-order chi connectivity index (χ1) is 7.20. The lowest BCUT2D eigenvalue weighted by Crippen LogP contribution is -2.04. The van der Waals surface area contributed by atoms with Crippen LogP contribution in [0.1, 0.15) is 24.3 Å². The Morgan fingerprint density at radius 2 is 2.40 bits per heavy atom. The highest BCUT2D eigenvalue weighted by atomic mass is 32.1. The predicted octanol–water partition coefficient (Wildman–Crippen LogP) is 1.85. The predicted molar refractivity (Wildman–Crippen MR) is 57.1 cm³/mol. The van der Waals surface area contributed by atoms with Gasteiger partial charge >= 0.3 is 0 Å². The van der Waals surface area contributed by atoms with Gasteiger partial charge in [-0.1, -0.05) is 12.1 Å². The molecule has 80 valence electrons. The number of hydrogen-bond donors (Lipinski definition) is 1. The van der Waals surface area contributed by atoms with E-state index in [4.69, 9.17) is 16.7 Å². The van der Waals surface area contributed by atoms with Crippen molar-refractivity contribution in [3.05, 3.63) is 28.4 Å². The third-order valence-corrected chi connectivity index (χ3v) is 2.52. The molecule has 2 aromatic heterocycles. The van der Waals surface area contributed by atoms with Crippen LogP contribution in [0.5, 0.6) is 0 Å². The van der Waals surface area contributed by atoms with Gasteiger partial charge in [0.15, 0.2) is 10.6 Å². The van der Waals surface area contributed by atoms with Gasteiger partial charge in [-0.15, -0.1) is 0 Å². The summed E-state index contributed by atoms with van der Waals surface area (Å²) in [6.07, 6.45) is 2.83. The second kappa shape index (κ2) is 3.98. The summed E-state index contributed by atoms with van der Waals surface area (Å²) in [6.45, 7) is 4.41. The summed E-state index contributed by atoms with van der Waals surface area (Å²) < 4.78 is 7.69. The van der Waals surface area contributed by atoms with Crippen molar-refractivity contribution in [1.29, 1.82) is 0 Å². The Hall–Kier alpha value is -1.43. The van der Waals surface area contributed by atoms with E-state index in [2.05, 4.69) is 22.0 Å². The molecule has 0 atom stereocenters. The number of nitrogens with one attached hydrogen (secondary N) is 1. The molecule has 15 heavy (non-hydrogen) atoms. The number of nitrogens with zero attached hydrogens (tertiary/aromatic N) is 3. The Balaban J connectivity index is 2.31. The van der Waals surface area contributed by atoms with Gasteiger partial charge in [-0.2, -0.15) is 4.98 Å². The topological polar surface area (TPSA) is 59.6 Å². The number of aryl methyl sites for hydroxylation is 2. The van der Waals surface area contributed by atoms with Crippen molar-refractivity contribution in [2.75, 3.05) is 0 Å². The molecular formula is C9H12N4OS. The Morgan fingerprint density at radius 1 is 1.60 bits per heavy atom. The number of aromatic amines is 1. The second-order valence-corrected chi connectivity index (χ2v) is 3.65. The first kappa shape index (κ1) is 10.1. The lowest BCUT2D eigenvalue weighted by atomic mass is 10.3. The van der Waals surface area contributed by atoms with Crippen LogP contribution in [0.4, 0.5) is 0 Å². The van der Waals surface area contributed by atoms with Crippen LogP contribution >= 0.6 is 12.2 Å². The van der Waals surface area contributed by atoms with Crippen LogP contribution in [0.3, 0.4) is 0 Å². The molecule has 2 heterocycles. The summed E-state index contributed by atoms with van der Waals surface area (Å²) in [5.74, 6) is 1.23. The summed E-state index contributed by atoms with van der Waals surface area (Å²) in [6, 6.07) is 0. The highest BCUT2D eigenvalue weighted by molar-refractivity contribution is 7.71. The van der Waals surface area contributed by atoms with Crippen molar-refractivity contribution in [2.24, 2.45) is 0 Å². The van der Waals surface area contributed by atoms with Crippen LogP contribution in [0, 0.1) is 11.7 Å². The van der Waals surface area contributed by atoms with Gasteiger partial charge in [0.25, 0.3) is 0 Å². The van der Waals surface area contributed by atoms with E-state index in [1.807, 2.05) is 10.8 Å². The number of rotatable bonds is 3. The van der Waals surface area contributed by atoms with Crippen molar-refractivity contribution in [2.45, 2.75) is 26.8 Å². The van der Waals surface area contributed by atoms with Crippen LogP contribution in [-0.4, -0.2) is 19.7 Å². The van der Waals surface area contributed by atoms with Crippen LogP contribution in [0.25, 0.3) is 0 Å². The van der Waals surface area contributed by atoms with Crippen molar-refractivity contribution in [3.63, 3.8) is 0 Å².